The second-order valence-corrected chi connectivity index (χ2v) is 4.99. The molecule has 1 aromatic carbocycles. The largest absolute Gasteiger partial charge is 0.496 e. The zero-order chi connectivity index (χ0) is 16.0. The Morgan fingerprint density at radius 2 is 2.00 bits per heavy atom. The van der Waals surface area contributed by atoms with Crippen LogP contribution in [0, 0.1) is 5.92 Å². The molecule has 1 rings (SSSR count). The van der Waals surface area contributed by atoms with Crippen LogP contribution in [0.2, 0.25) is 0 Å². The minimum atomic E-state index is -0.917. The molecule has 0 fully saturated rings. The number of ether oxygens (including phenoxy) is 1. The number of aliphatic carboxylic acids is 1. The Bertz CT molecular complexity index is 551. The van der Waals surface area contributed by atoms with Gasteiger partial charge in [-0.3, -0.25) is 9.59 Å². The van der Waals surface area contributed by atoms with Gasteiger partial charge in [-0.25, -0.2) is 0 Å². The minimum Gasteiger partial charge on any atom is -0.496 e. The van der Waals surface area contributed by atoms with E-state index in [1.807, 2.05) is 31.2 Å². The van der Waals surface area contributed by atoms with E-state index in [0.717, 1.165) is 11.1 Å². The van der Waals surface area contributed by atoms with E-state index in [1.54, 1.807) is 21.1 Å². The molecule has 1 aromatic rings. The Hall–Kier alpha value is -2.30. The van der Waals surface area contributed by atoms with Crippen molar-refractivity contribution in [3.63, 3.8) is 0 Å². The van der Waals surface area contributed by atoms with Crippen LogP contribution in [-0.4, -0.2) is 42.6 Å². The fraction of sp³-hybridized carbons (Fsp3) is 0.375. The summed E-state index contributed by atoms with van der Waals surface area (Å²) in [5.41, 5.74) is 1.61. The number of carbonyl (C=O) groups is 2. The lowest BCUT2D eigenvalue weighted by atomic mass is 10.1. The van der Waals surface area contributed by atoms with Gasteiger partial charge in [0.1, 0.15) is 5.75 Å². The number of rotatable bonds is 6. The summed E-state index contributed by atoms with van der Waals surface area (Å²) in [4.78, 5) is 24.3. The minimum absolute atomic E-state index is 0.171. The van der Waals surface area contributed by atoms with Crippen molar-refractivity contribution < 1.29 is 19.4 Å². The van der Waals surface area contributed by atoms with Crippen LogP contribution in [0.3, 0.4) is 0 Å². The number of carboxylic acid groups (broad SMARTS) is 1. The standard InChI is InChI=1S/C16H21NO4/c1-11(13-7-5-6-8-14(13)21-4)9-15(18)17(3)10-12(2)16(19)20/h5-9,12H,10H2,1-4H3,(H,19,20)/b11-9+. The number of methoxy groups -OCH3 is 1. The molecular formula is C16H21NO4. The summed E-state index contributed by atoms with van der Waals surface area (Å²) < 4.78 is 5.26. The van der Waals surface area contributed by atoms with Gasteiger partial charge in [0.2, 0.25) is 5.91 Å². The van der Waals surface area contributed by atoms with Gasteiger partial charge in [0.15, 0.2) is 0 Å². The molecule has 0 aromatic heterocycles. The molecular weight excluding hydrogens is 270 g/mol. The van der Waals surface area contributed by atoms with Gasteiger partial charge in [-0.15, -0.1) is 0 Å². The van der Waals surface area contributed by atoms with Crippen LogP contribution < -0.4 is 4.74 Å². The predicted octanol–water partition coefficient (Wildman–Crippen LogP) is 2.28. The van der Waals surface area contributed by atoms with Gasteiger partial charge in [0.05, 0.1) is 13.0 Å². The van der Waals surface area contributed by atoms with Crippen molar-refractivity contribution in [3.05, 3.63) is 35.9 Å². The summed E-state index contributed by atoms with van der Waals surface area (Å²) in [7, 11) is 3.17. The van der Waals surface area contributed by atoms with Crippen LogP contribution in [0.5, 0.6) is 5.75 Å². The summed E-state index contributed by atoms with van der Waals surface area (Å²) >= 11 is 0. The first-order valence-corrected chi connectivity index (χ1v) is 6.66. The number of carboxylic acids is 1. The Morgan fingerprint density at radius 1 is 1.38 bits per heavy atom. The van der Waals surface area contributed by atoms with Crippen molar-refractivity contribution in [2.75, 3.05) is 20.7 Å². The lowest BCUT2D eigenvalue weighted by Gasteiger charge is -2.18. The molecule has 0 bridgehead atoms. The molecule has 5 heteroatoms. The van der Waals surface area contributed by atoms with Gasteiger partial charge >= 0.3 is 5.97 Å². The average molecular weight is 291 g/mol. The SMILES string of the molecule is COc1ccccc1/C(C)=C/C(=O)N(C)CC(C)C(=O)O. The summed E-state index contributed by atoms with van der Waals surface area (Å²) in [6.45, 7) is 3.57. The summed E-state index contributed by atoms with van der Waals surface area (Å²) in [5.74, 6) is -1.05. The summed E-state index contributed by atoms with van der Waals surface area (Å²) in [6.07, 6.45) is 1.49. The highest BCUT2D eigenvalue weighted by molar-refractivity contribution is 5.95. The molecule has 1 atom stereocenters. The average Bonchev–Trinajstić information content (AvgIpc) is 2.46. The Labute approximate surface area is 124 Å². The second-order valence-electron chi connectivity index (χ2n) is 4.99. The van der Waals surface area contributed by atoms with E-state index in [2.05, 4.69) is 0 Å². The third kappa shape index (κ3) is 4.63. The fourth-order valence-electron chi connectivity index (χ4n) is 1.92. The van der Waals surface area contributed by atoms with Crippen LogP contribution in [0.15, 0.2) is 30.3 Å². The Morgan fingerprint density at radius 3 is 2.57 bits per heavy atom. The van der Waals surface area contributed by atoms with Crippen LogP contribution in [0.25, 0.3) is 5.57 Å². The highest BCUT2D eigenvalue weighted by Gasteiger charge is 2.16. The molecule has 1 N–H and O–H groups in total. The Kier molecular flexibility index (Phi) is 5.96. The van der Waals surface area contributed by atoms with Gasteiger partial charge in [-0.2, -0.15) is 0 Å². The van der Waals surface area contributed by atoms with Crippen molar-refractivity contribution in [1.29, 1.82) is 0 Å². The molecule has 0 aliphatic rings. The first kappa shape index (κ1) is 16.8. The van der Waals surface area contributed by atoms with Gasteiger partial charge in [0, 0.05) is 25.2 Å². The van der Waals surface area contributed by atoms with Crippen LogP contribution in [0.1, 0.15) is 19.4 Å². The normalized spacial score (nSPS) is 12.7. The van der Waals surface area contributed by atoms with Crippen molar-refractivity contribution in [1.82, 2.24) is 4.90 Å². The molecule has 1 unspecified atom stereocenters. The predicted molar refractivity (Wildman–Crippen MR) is 81.1 cm³/mol. The lowest BCUT2D eigenvalue weighted by Crippen LogP contribution is -2.32. The zero-order valence-corrected chi connectivity index (χ0v) is 12.8. The molecule has 0 saturated carbocycles. The highest BCUT2D eigenvalue weighted by atomic mass is 16.5. The second kappa shape index (κ2) is 7.47. The van der Waals surface area contributed by atoms with Crippen molar-refractivity contribution in [3.8, 4) is 5.75 Å². The fourth-order valence-corrected chi connectivity index (χ4v) is 1.92. The smallest absolute Gasteiger partial charge is 0.308 e. The summed E-state index contributed by atoms with van der Waals surface area (Å²) in [5, 5.41) is 8.87. The van der Waals surface area contributed by atoms with E-state index in [0.29, 0.717) is 5.75 Å². The summed E-state index contributed by atoms with van der Waals surface area (Å²) in [6, 6.07) is 7.43. The molecule has 0 spiro atoms. The van der Waals surface area contributed by atoms with Gasteiger partial charge in [-0.1, -0.05) is 25.1 Å². The molecule has 0 saturated heterocycles. The quantitative estimate of drug-likeness (QED) is 0.817. The number of nitrogens with zero attached hydrogens (tertiary/aromatic N) is 1. The van der Waals surface area contributed by atoms with E-state index in [1.165, 1.54) is 11.0 Å². The van der Waals surface area contributed by atoms with Gasteiger partial charge in [0.25, 0.3) is 0 Å². The molecule has 0 radical (unpaired) electrons. The Balaban J connectivity index is 2.86. The third-order valence-electron chi connectivity index (χ3n) is 3.22. The third-order valence-corrected chi connectivity index (χ3v) is 3.22. The van der Waals surface area contributed by atoms with Crippen molar-refractivity contribution in [2.45, 2.75) is 13.8 Å². The van der Waals surface area contributed by atoms with Crippen LogP contribution in [0.4, 0.5) is 0 Å². The first-order valence-electron chi connectivity index (χ1n) is 6.66. The number of likely N-dealkylation sites (N-methyl/N-ethyl adjacent to an activating group) is 1. The molecule has 0 heterocycles. The number of amides is 1. The maximum Gasteiger partial charge on any atom is 0.308 e. The first-order chi connectivity index (χ1) is 9.86. The maximum absolute atomic E-state index is 12.1. The monoisotopic (exact) mass is 291 g/mol. The molecule has 5 nitrogen and oxygen atoms in total. The zero-order valence-electron chi connectivity index (χ0n) is 12.8. The molecule has 0 aliphatic heterocycles. The molecule has 1 amide bonds. The molecule has 114 valence electrons. The topological polar surface area (TPSA) is 66.8 Å². The molecule has 21 heavy (non-hydrogen) atoms. The van der Waals surface area contributed by atoms with Crippen molar-refractivity contribution in [2.24, 2.45) is 5.92 Å². The lowest BCUT2D eigenvalue weighted by molar-refractivity contribution is -0.142. The highest BCUT2D eigenvalue weighted by Crippen LogP contribution is 2.25. The van der Waals surface area contributed by atoms with Crippen LogP contribution >= 0.6 is 0 Å². The van der Waals surface area contributed by atoms with Gasteiger partial charge in [-0.05, 0) is 18.6 Å². The van der Waals surface area contributed by atoms with E-state index in [9.17, 15) is 9.59 Å². The number of benzene rings is 1. The van der Waals surface area contributed by atoms with Gasteiger partial charge < -0.3 is 14.7 Å². The maximum atomic E-state index is 12.1. The van der Waals surface area contributed by atoms with Crippen LogP contribution in [-0.2, 0) is 9.59 Å². The number of hydrogen-bond acceptors (Lipinski definition) is 3. The van der Waals surface area contributed by atoms with E-state index >= 15 is 0 Å². The van der Waals surface area contributed by atoms with E-state index < -0.39 is 11.9 Å². The van der Waals surface area contributed by atoms with E-state index in [4.69, 9.17) is 9.84 Å². The molecule has 0 aliphatic carbocycles. The van der Waals surface area contributed by atoms with E-state index in [-0.39, 0.29) is 12.5 Å². The van der Waals surface area contributed by atoms with Crippen molar-refractivity contribution >= 4 is 17.4 Å². The number of para-hydroxylation sites is 1. The number of allylic oxidation sites excluding steroid dienone is 1. The number of hydrogen-bond donors (Lipinski definition) is 1. The number of carbonyl (C=O) groups excluding carboxylic acids is 1.